The molecule has 0 radical (unpaired) electrons. The summed E-state index contributed by atoms with van der Waals surface area (Å²) in [7, 11) is -4.54. The van der Waals surface area contributed by atoms with E-state index in [1.54, 1.807) is 31.2 Å². The quantitative estimate of drug-likeness (QED) is 0.387. The molecule has 176 valence electrons. The minimum Gasteiger partial charge on any atom is -0.322 e. The van der Waals surface area contributed by atoms with Gasteiger partial charge in [0.2, 0.25) is 0 Å². The largest absolute Gasteiger partial charge is 0.352 e. The molecule has 10 nitrogen and oxygen atoms in total. The van der Waals surface area contributed by atoms with Crippen LogP contribution in [0.3, 0.4) is 0 Å². The highest BCUT2D eigenvalue weighted by Crippen LogP contribution is 2.18. The second-order valence-corrected chi connectivity index (χ2v) is 9.19. The van der Waals surface area contributed by atoms with E-state index in [9.17, 15) is 22.6 Å². The van der Waals surface area contributed by atoms with Crippen LogP contribution in [0.5, 0.6) is 0 Å². The van der Waals surface area contributed by atoms with Crippen LogP contribution in [0.4, 0.5) is 5.69 Å². The van der Waals surface area contributed by atoms with Crippen molar-refractivity contribution in [3.8, 4) is 0 Å². The van der Waals surface area contributed by atoms with Gasteiger partial charge in [0, 0.05) is 17.4 Å². The molecule has 11 heteroatoms. The van der Waals surface area contributed by atoms with Crippen LogP contribution >= 0.6 is 0 Å². The number of nitrogens with zero attached hydrogens (tertiary/aromatic N) is 4. The second-order valence-electron chi connectivity index (χ2n) is 7.80. The molecule has 0 aliphatic carbocycles. The van der Waals surface area contributed by atoms with Crippen molar-refractivity contribution in [2.24, 2.45) is 0 Å². The molecule has 2 aromatic heterocycles. The molecule has 34 heavy (non-hydrogen) atoms. The summed E-state index contributed by atoms with van der Waals surface area (Å²) >= 11 is 0. The fourth-order valence-corrected chi connectivity index (χ4v) is 4.38. The lowest BCUT2D eigenvalue weighted by atomic mass is 10.2. The van der Waals surface area contributed by atoms with E-state index in [1.165, 1.54) is 27.3 Å². The van der Waals surface area contributed by atoms with Crippen LogP contribution in [0.15, 0.2) is 64.3 Å². The molecule has 2 aromatic carbocycles. The number of anilines is 1. The zero-order valence-corrected chi connectivity index (χ0v) is 19.4. The standard InChI is InChI=1S/C23H23N5O5S/c1-3-6-18-13-21-26-27(23(30)28(21)15(2)24-18)14-16-9-11-17(12-10-16)25-22(29)19-7-4-5-8-20(19)34(31,32)33/h4-5,7-13H,3,6,14H2,1-2H3,(H,25,29)(H,31,32,33). The Morgan fingerprint density at radius 3 is 2.50 bits per heavy atom. The maximum Gasteiger partial charge on any atom is 0.352 e. The molecule has 0 saturated heterocycles. The third-order valence-corrected chi connectivity index (χ3v) is 6.16. The number of aromatic nitrogens is 4. The van der Waals surface area contributed by atoms with Gasteiger partial charge in [-0.05, 0) is 43.2 Å². The van der Waals surface area contributed by atoms with Crippen molar-refractivity contribution in [1.29, 1.82) is 0 Å². The Hall–Kier alpha value is -3.83. The first-order chi connectivity index (χ1) is 16.2. The molecule has 0 bridgehead atoms. The summed E-state index contributed by atoms with van der Waals surface area (Å²) in [6.45, 7) is 4.06. The van der Waals surface area contributed by atoms with Crippen LogP contribution in [-0.4, -0.2) is 38.0 Å². The SMILES string of the molecule is CCCc1cc2nn(Cc3ccc(NC(=O)c4ccccc4S(=O)(=O)O)cc3)c(=O)n2c(C)n1. The third kappa shape index (κ3) is 4.75. The van der Waals surface area contributed by atoms with Gasteiger partial charge in [-0.1, -0.05) is 37.6 Å². The normalized spacial score (nSPS) is 11.6. The Labute approximate surface area is 195 Å². The van der Waals surface area contributed by atoms with E-state index < -0.39 is 20.9 Å². The summed E-state index contributed by atoms with van der Waals surface area (Å²) in [5, 5.41) is 7.04. The topological polar surface area (TPSA) is 136 Å². The van der Waals surface area contributed by atoms with Crippen LogP contribution in [0.1, 0.15) is 40.8 Å². The fourth-order valence-electron chi connectivity index (χ4n) is 3.69. The molecule has 0 spiro atoms. The minimum atomic E-state index is -4.54. The predicted molar refractivity (Wildman–Crippen MR) is 126 cm³/mol. The molecule has 0 aliphatic heterocycles. The molecule has 2 heterocycles. The van der Waals surface area contributed by atoms with Crippen molar-refractivity contribution < 1.29 is 17.8 Å². The Morgan fingerprint density at radius 1 is 1.12 bits per heavy atom. The lowest BCUT2D eigenvalue weighted by Crippen LogP contribution is -2.23. The highest BCUT2D eigenvalue weighted by atomic mass is 32.2. The van der Waals surface area contributed by atoms with Gasteiger partial charge in [-0.15, -0.1) is 5.10 Å². The summed E-state index contributed by atoms with van der Waals surface area (Å²) < 4.78 is 35.2. The van der Waals surface area contributed by atoms with Gasteiger partial charge < -0.3 is 5.32 Å². The Balaban J connectivity index is 1.54. The van der Waals surface area contributed by atoms with Gasteiger partial charge in [-0.3, -0.25) is 9.35 Å². The van der Waals surface area contributed by atoms with Gasteiger partial charge in [0.1, 0.15) is 10.7 Å². The number of hydrogen-bond acceptors (Lipinski definition) is 6. The number of nitrogens with one attached hydrogen (secondary N) is 1. The Bertz CT molecular complexity index is 1540. The van der Waals surface area contributed by atoms with Gasteiger partial charge in [0.25, 0.3) is 16.0 Å². The van der Waals surface area contributed by atoms with Crippen molar-refractivity contribution in [2.75, 3.05) is 5.32 Å². The monoisotopic (exact) mass is 481 g/mol. The molecule has 4 rings (SSSR count). The van der Waals surface area contributed by atoms with Gasteiger partial charge in [0.15, 0.2) is 5.65 Å². The minimum absolute atomic E-state index is 0.170. The molecule has 0 atom stereocenters. The number of aryl methyl sites for hydroxylation is 2. The van der Waals surface area contributed by atoms with E-state index in [1.807, 2.05) is 6.07 Å². The number of hydrogen-bond donors (Lipinski definition) is 2. The Kier molecular flexibility index (Phi) is 6.31. The van der Waals surface area contributed by atoms with Crippen molar-refractivity contribution in [1.82, 2.24) is 19.2 Å². The molecule has 4 aromatic rings. The molecular formula is C23H23N5O5S. The van der Waals surface area contributed by atoms with Gasteiger partial charge in [0.05, 0.1) is 12.1 Å². The first-order valence-corrected chi connectivity index (χ1v) is 12.0. The summed E-state index contributed by atoms with van der Waals surface area (Å²) in [5.74, 6) is -0.0937. The highest BCUT2D eigenvalue weighted by molar-refractivity contribution is 7.86. The summed E-state index contributed by atoms with van der Waals surface area (Å²) in [4.78, 5) is 29.4. The van der Waals surface area contributed by atoms with Gasteiger partial charge in [-0.2, -0.15) is 8.42 Å². The van der Waals surface area contributed by atoms with Crippen LogP contribution in [0.2, 0.25) is 0 Å². The number of benzene rings is 2. The molecule has 1 amide bonds. The van der Waals surface area contributed by atoms with E-state index in [0.717, 1.165) is 30.2 Å². The first-order valence-electron chi connectivity index (χ1n) is 10.6. The maximum absolute atomic E-state index is 12.8. The fraction of sp³-hybridized carbons (Fsp3) is 0.217. The first kappa shape index (κ1) is 23.3. The van der Waals surface area contributed by atoms with Crippen molar-refractivity contribution >= 4 is 27.4 Å². The lowest BCUT2D eigenvalue weighted by Gasteiger charge is -2.09. The van der Waals surface area contributed by atoms with Crippen LogP contribution in [-0.2, 0) is 23.1 Å². The third-order valence-electron chi connectivity index (χ3n) is 5.25. The second kappa shape index (κ2) is 9.20. The van der Waals surface area contributed by atoms with E-state index in [-0.39, 0.29) is 17.8 Å². The number of carbonyl (C=O) groups is 1. The molecule has 0 aliphatic rings. The number of fused-ring (bicyclic) bond motifs is 1. The number of amides is 1. The van der Waals surface area contributed by atoms with E-state index in [2.05, 4.69) is 22.3 Å². The van der Waals surface area contributed by atoms with Crippen LogP contribution in [0.25, 0.3) is 5.65 Å². The van der Waals surface area contributed by atoms with Crippen molar-refractivity contribution in [3.05, 3.63) is 87.7 Å². The van der Waals surface area contributed by atoms with Crippen LogP contribution < -0.4 is 11.0 Å². The van der Waals surface area contributed by atoms with Crippen molar-refractivity contribution in [3.63, 3.8) is 0 Å². The molecule has 0 unspecified atom stereocenters. The van der Waals surface area contributed by atoms with Crippen LogP contribution in [0, 0.1) is 6.92 Å². The zero-order valence-electron chi connectivity index (χ0n) is 18.6. The van der Waals surface area contributed by atoms with E-state index in [0.29, 0.717) is 17.2 Å². The predicted octanol–water partition coefficient (Wildman–Crippen LogP) is 2.70. The maximum atomic E-state index is 12.8. The van der Waals surface area contributed by atoms with Gasteiger partial charge >= 0.3 is 5.69 Å². The summed E-state index contributed by atoms with van der Waals surface area (Å²) in [6, 6.07) is 13.9. The molecular weight excluding hydrogens is 458 g/mol. The molecule has 2 N–H and O–H groups in total. The average molecular weight is 482 g/mol. The van der Waals surface area contributed by atoms with E-state index in [4.69, 9.17) is 0 Å². The molecule has 0 fully saturated rings. The molecule has 0 saturated carbocycles. The lowest BCUT2D eigenvalue weighted by molar-refractivity contribution is 0.102. The summed E-state index contributed by atoms with van der Waals surface area (Å²) in [5.41, 5.74) is 2.17. The Morgan fingerprint density at radius 2 is 1.82 bits per heavy atom. The number of rotatable bonds is 7. The highest BCUT2D eigenvalue weighted by Gasteiger charge is 2.20. The average Bonchev–Trinajstić information content (AvgIpc) is 3.10. The smallest absolute Gasteiger partial charge is 0.322 e. The summed E-state index contributed by atoms with van der Waals surface area (Å²) in [6.07, 6.45) is 1.75. The number of carbonyl (C=O) groups excluding carboxylic acids is 1. The van der Waals surface area contributed by atoms with Crippen molar-refractivity contribution in [2.45, 2.75) is 38.1 Å². The van der Waals surface area contributed by atoms with E-state index >= 15 is 0 Å². The zero-order chi connectivity index (χ0) is 24.5. The van der Waals surface area contributed by atoms with Gasteiger partial charge in [-0.25, -0.2) is 18.9 Å².